The highest BCUT2D eigenvalue weighted by molar-refractivity contribution is 4.91. The smallest absolute Gasteiger partial charge is 0.0951 e. The molecule has 0 aliphatic heterocycles. The first kappa shape index (κ1) is 13.7. The largest absolute Gasteiger partial charge is 0.393 e. The number of aliphatic hydroxyl groups is 3. The summed E-state index contributed by atoms with van der Waals surface area (Å²) in [5.41, 5.74) is 0. The minimum atomic E-state index is -0.768. The highest BCUT2D eigenvalue weighted by Gasteiger charge is 2.26. The van der Waals surface area contributed by atoms with E-state index >= 15 is 0 Å². The van der Waals surface area contributed by atoms with Gasteiger partial charge in [-0.3, -0.25) is 0 Å². The van der Waals surface area contributed by atoms with E-state index in [0.29, 0.717) is 5.92 Å². The molecule has 94 valence electrons. The van der Waals surface area contributed by atoms with E-state index in [2.05, 4.69) is 0 Å². The molecule has 1 aliphatic carbocycles. The average molecular weight is 228 g/mol. The van der Waals surface area contributed by atoms with E-state index in [1.54, 1.807) is 6.08 Å². The molecular formula is C13H24O3. The Bertz CT molecular complexity index is 209. The molecule has 1 saturated carbocycles. The summed E-state index contributed by atoms with van der Waals surface area (Å²) in [7, 11) is 0. The lowest BCUT2D eigenvalue weighted by molar-refractivity contribution is 0.0609. The van der Waals surface area contributed by atoms with Crippen LogP contribution in [0, 0.1) is 11.8 Å². The SMILES string of the molecule is CC(C/C=C\[C@H](O)CO)C(O)C1CCCC1. The molecule has 0 bridgehead atoms. The Morgan fingerprint density at radius 1 is 1.25 bits per heavy atom. The molecule has 1 fully saturated rings. The molecule has 0 spiro atoms. The summed E-state index contributed by atoms with van der Waals surface area (Å²) in [5, 5.41) is 27.8. The highest BCUT2D eigenvalue weighted by atomic mass is 16.3. The van der Waals surface area contributed by atoms with Gasteiger partial charge in [0.2, 0.25) is 0 Å². The Hall–Kier alpha value is -0.380. The first-order chi connectivity index (χ1) is 7.65. The quantitative estimate of drug-likeness (QED) is 0.603. The molecule has 1 rings (SSSR count). The fourth-order valence-corrected chi connectivity index (χ4v) is 2.41. The predicted molar refractivity (Wildman–Crippen MR) is 64.0 cm³/mol. The number of rotatable bonds is 6. The fraction of sp³-hybridized carbons (Fsp3) is 0.846. The third-order valence-electron chi connectivity index (χ3n) is 3.52. The minimum Gasteiger partial charge on any atom is -0.393 e. The van der Waals surface area contributed by atoms with Gasteiger partial charge in [0.25, 0.3) is 0 Å². The maximum atomic E-state index is 10.1. The summed E-state index contributed by atoms with van der Waals surface area (Å²) in [6.45, 7) is 1.80. The number of hydrogen-bond acceptors (Lipinski definition) is 3. The van der Waals surface area contributed by atoms with Crippen LogP contribution in [-0.4, -0.2) is 34.1 Å². The van der Waals surface area contributed by atoms with Crippen molar-refractivity contribution in [1.29, 1.82) is 0 Å². The molecule has 3 N–H and O–H groups in total. The Labute approximate surface area is 97.8 Å². The van der Waals surface area contributed by atoms with Crippen LogP contribution in [0.25, 0.3) is 0 Å². The van der Waals surface area contributed by atoms with Gasteiger partial charge in [-0.2, -0.15) is 0 Å². The monoisotopic (exact) mass is 228 g/mol. The molecule has 1 aliphatic rings. The Morgan fingerprint density at radius 3 is 2.44 bits per heavy atom. The van der Waals surface area contributed by atoms with Gasteiger partial charge in [0, 0.05) is 0 Å². The van der Waals surface area contributed by atoms with Gasteiger partial charge in [0.1, 0.15) is 0 Å². The van der Waals surface area contributed by atoms with Crippen LogP contribution in [0.4, 0.5) is 0 Å². The van der Waals surface area contributed by atoms with Gasteiger partial charge in [-0.05, 0) is 31.1 Å². The second-order valence-electron chi connectivity index (χ2n) is 4.93. The lowest BCUT2D eigenvalue weighted by atomic mass is 9.89. The van der Waals surface area contributed by atoms with Crippen molar-refractivity contribution in [2.75, 3.05) is 6.61 Å². The lowest BCUT2D eigenvalue weighted by Gasteiger charge is -2.23. The second kappa shape index (κ2) is 7.05. The summed E-state index contributed by atoms with van der Waals surface area (Å²) in [6, 6.07) is 0. The third-order valence-corrected chi connectivity index (χ3v) is 3.52. The predicted octanol–water partition coefficient (Wildman–Crippen LogP) is 1.47. The van der Waals surface area contributed by atoms with E-state index in [1.807, 2.05) is 13.0 Å². The molecule has 2 unspecified atom stereocenters. The van der Waals surface area contributed by atoms with E-state index in [0.717, 1.165) is 19.3 Å². The zero-order valence-corrected chi connectivity index (χ0v) is 10.0. The summed E-state index contributed by atoms with van der Waals surface area (Å²) < 4.78 is 0. The van der Waals surface area contributed by atoms with Crippen molar-refractivity contribution in [3.63, 3.8) is 0 Å². The summed E-state index contributed by atoms with van der Waals surface area (Å²) >= 11 is 0. The standard InChI is InChI=1S/C13H24O3/c1-10(5-4-8-12(15)9-14)13(16)11-6-2-3-7-11/h4,8,10-16H,2-3,5-7,9H2,1H3/b8-4-/t10?,12-,13?/m0/s1. The number of hydrogen-bond donors (Lipinski definition) is 3. The molecule has 0 radical (unpaired) electrons. The first-order valence-corrected chi connectivity index (χ1v) is 6.28. The van der Waals surface area contributed by atoms with Gasteiger partial charge in [-0.25, -0.2) is 0 Å². The van der Waals surface area contributed by atoms with Crippen molar-refractivity contribution in [3.8, 4) is 0 Å². The van der Waals surface area contributed by atoms with Crippen LogP contribution >= 0.6 is 0 Å². The lowest BCUT2D eigenvalue weighted by Crippen LogP contribution is -2.25. The molecule has 3 nitrogen and oxygen atoms in total. The van der Waals surface area contributed by atoms with E-state index < -0.39 is 6.10 Å². The van der Waals surface area contributed by atoms with Crippen LogP contribution in [0.2, 0.25) is 0 Å². The van der Waals surface area contributed by atoms with Crippen molar-refractivity contribution < 1.29 is 15.3 Å². The van der Waals surface area contributed by atoms with Crippen molar-refractivity contribution in [2.45, 2.75) is 51.2 Å². The van der Waals surface area contributed by atoms with Gasteiger partial charge in [0.05, 0.1) is 18.8 Å². The highest BCUT2D eigenvalue weighted by Crippen LogP contribution is 2.31. The van der Waals surface area contributed by atoms with E-state index in [-0.39, 0.29) is 18.6 Å². The molecule has 0 aromatic rings. The van der Waals surface area contributed by atoms with E-state index in [9.17, 15) is 5.11 Å². The van der Waals surface area contributed by atoms with Crippen molar-refractivity contribution in [2.24, 2.45) is 11.8 Å². The normalized spacial score (nSPS) is 23.8. The summed E-state index contributed by atoms with van der Waals surface area (Å²) in [4.78, 5) is 0. The summed E-state index contributed by atoms with van der Waals surface area (Å²) in [6.07, 6.45) is 7.99. The molecule has 3 heteroatoms. The number of aliphatic hydroxyl groups excluding tert-OH is 3. The van der Waals surface area contributed by atoms with Crippen molar-refractivity contribution in [3.05, 3.63) is 12.2 Å². The zero-order valence-electron chi connectivity index (χ0n) is 10.0. The maximum Gasteiger partial charge on any atom is 0.0951 e. The van der Waals surface area contributed by atoms with Crippen LogP contribution < -0.4 is 0 Å². The van der Waals surface area contributed by atoms with Crippen LogP contribution in [0.15, 0.2) is 12.2 Å². The molecule has 3 atom stereocenters. The molecule has 16 heavy (non-hydrogen) atoms. The van der Waals surface area contributed by atoms with E-state index in [1.165, 1.54) is 12.8 Å². The van der Waals surface area contributed by atoms with Crippen molar-refractivity contribution in [1.82, 2.24) is 0 Å². The Kier molecular flexibility index (Phi) is 6.03. The molecule has 0 heterocycles. The average Bonchev–Trinajstić information content (AvgIpc) is 2.81. The fourth-order valence-electron chi connectivity index (χ4n) is 2.41. The van der Waals surface area contributed by atoms with Gasteiger partial charge < -0.3 is 15.3 Å². The van der Waals surface area contributed by atoms with Gasteiger partial charge in [0.15, 0.2) is 0 Å². The van der Waals surface area contributed by atoms with E-state index in [4.69, 9.17) is 10.2 Å². The molecule has 0 aromatic heterocycles. The van der Waals surface area contributed by atoms with Crippen LogP contribution in [0.1, 0.15) is 39.0 Å². The molecular weight excluding hydrogens is 204 g/mol. The third kappa shape index (κ3) is 4.24. The number of allylic oxidation sites excluding steroid dienone is 1. The Morgan fingerprint density at radius 2 is 1.88 bits per heavy atom. The van der Waals surface area contributed by atoms with Crippen LogP contribution in [0.5, 0.6) is 0 Å². The van der Waals surface area contributed by atoms with Crippen LogP contribution in [-0.2, 0) is 0 Å². The Balaban J connectivity index is 2.27. The maximum absolute atomic E-state index is 10.1. The minimum absolute atomic E-state index is 0.224. The topological polar surface area (TPSA) is 60.7 Å². The van der Waals surface area contributed by atoms with Gasteiger partial charge in [-0.1, -0.05) is 31.9 Å². The van der Waals surface area contributed by atoms with Gasteiger partial charge >= 0.3 is 0 Å². The van der Waals surface area contributed by atoms with Gasteiger partial charge in [-0.15, -0.1) is 0 Å². The molecule has 0 saturated heterocycles. The molecule has 0 amide bonds. The zero-order chi connectivity index (χ0) is 12.0. The van der Waals surface area contributed by atoms with Crippen molar-refractivity contribution >= 4 is 0 Å². The second-order valence-corrected chi connectivity index (χ2v) is 4.93. The first-order valence-electron chi connectivity index (χ1n) is 6.28. The molecule has 0 aromatic carbocycles. The summed E-state index contributed by atoms with van der Waals surface area (Å²) in [5.74, 6) is 0.691. The van der Waals surface area contributed by atoms with Crippen LogP contribution in [0.3, 0.4) is 0 Å².